The average molecular weight is 311 g/mol. The molecule has 3 rings (SSSR count). The van der Waals surface area contributed by atoms with E-state index in [4.69, 9.17) is 9.15 Å². The molecule has 0 N–H and O–H groups in total. The zero-order valence-electron chi connectivity index (χ0n) is 13.5. The number of hydrogen-bond acceptors (Lipinski definition) is 3. The van der Waals surface area contributed by atoms with Gasteiger partial charge in [0, 0.05) is 0 Å². The molecule has 1 heterocycles. The zero-order chi connectivity index (χ0) is 16.2. The number of aromatic nitrogens is 1. The first-order valence-corrected chi connectivity index (χ1v) is 7.99. The summed E-state index contributed by atoms with van der Waals surface area (Å²) in [6, 6.07) is 13.6. The van der Waals surface area contributed by atoms with E-state index < -0.39 is 0 Å². The summed E-state index contributed by atoms with van der Waals surface area (Å²) in [6.07, 6.45) is 2.17. The number of nitrogens with zero attached hydrogens (tertiary/aromatic N) is 1. The van der Waals surface area contributed by atoms with Crippen molar-refractivity contribution in [2.75, 3.05) is 6.61 Å². The Kier molecular flexibility index (Phi) is 4.51. The maximum absolute atomic E-state index is 12.1. The van der Waals surface area contributed by atoms with E-state index in [1.807, 2.05) is 49.4 Å². The molecule has 0 amide bonds. The summed E-state index contributed by atoms with van der Waals surface area (Å²) in [7, 11) is 0. The summed E-state index contributed by atoms with van der Waals surface area (Å²) in [5.41, 5.74) is 3.60. The Hall–Kier alpha value is -2.49. The summed E-state index contributed by atoms with van der Waals surface area (Å²) in [5.74, 6) is 0.538. The number of aryl methyl sites for hydroxylation is 1. The maximum Gasteiger partial charge on any atom is 0.420 e. The maximum atomic E-state index is 12.1. The van der Waals surface area contributed by atoms with Gasteiger partial charge in [0.25, 0.3) is 0 Å². The SMILES string of the molecule is CCCCOc1ccc(Cn2c(=O)oc3ccc(C)cc32)cc1. The summed E-state index contributed by atoms with van der Waals surface area (Å²) in [5, 5.41) is 0. The van der Waals surface area contributed by atoms with E-state index in [1.165, 1.54) is 0 Å². The van der Waals surface area contributed by atoms with Crippen LogP contribution in [0, 0.1) is 6.92 Å². The molecule has 4 nitrogen and oxygen atoms in total. The third-order valence-corrected chi connectivity index (χ3v) is 3.85. The van der Waals surface area contributed by atoms with Crippen LogP contribution in [0.15, 0.2) is 51.7 Å². The molecule has 2 aromatic carbocycles. The van der Waals surface area contributed by atoms with Crippen LogP contribution in [0.25, 0.3) is 11.1 Å². The molecule has 4 heteroatoms. The molecule has 0 bridgehead atoms. The van der Waals surface area contributed by atoms with E-state index in [-0.39, 0.29) is 5.76 Å². The number of hydrogen-bond donors (Lipinski definition) is 0. The van der Waals surface area contributed by atoms with E-state index in [0.717, 1.165) is 41.8 Å². The molecule has 0 fully saturated rings. The highest BCUT2D eigenvalue weighted by Gasteiger charge is 2.09. The number of benzene rings is 2. The molecule has 0 unspecified atom stereocenters. The quantitative estimate of drug-likeness (QED) is 0.643. The van der Waals surface area contributed by atoms with E-state index in [9.17, 15) is 4.79 Å². The Morgan fingerprint density at radius 3 is 2.65 bits per heavy atom. The van der Waals surface area contributed by atoms with Crippen molar-refractivity contribution in [2.45, 2.75) is 33.2 Å². The molecule has 0 radical (unpaired) electrons. The Balaban J connectivity index is 1.80. The van der Waals surface area contributed by atoms with Crippen molar-refractivity contribution >= 4 is 11.1 Å². The van der Waals surface area contributed by atoms with E-state index in [2.05, 4.69) is 6.92 Å². The molecule has 0 aliphatic carbocycles. The minimum Gasteiger partial charge on any atom is -0.494 e. The number of rotatable bonds is 6. The first-order valence-electron chi connectivity index (χ1n) is 7.99. The first-order chi connectivity index (χ1) is 11.2. The molecule has 23 heavy (non-hydrogen) atoms. The zero-order valence-corrected chi connectivity index (χ0v) is 13.5. The van der Waals surface area contributed by atoms with Gasteiger partial charge in [-0.2, -0.15) is 0 Å². The minimum atomic E-state index is -0.325. The van der Waals surface area contributed by atoms with E-state index in [0.29, 0.717) is 12.1 Å². The van der Waals surface area contributed by atoms with Crippen LogP contribution in [0.5, 0.6) is 5.75 Å². The van der Waals surface area contributed by atoms with Gasteiger partial charge < -0.3 is 9.15 Å². The molecule has 3 aromatic rings. The Bertz CT molecular complexity index is 843. The average Bonchev–Trinajstić information content (AvgIpc) is 2.85. The number of unbranched alkanes of at least 4 members (excludes halogenated alkanes) is 1. The van der Waals surface area contributed by atoms with Crippen LogP contribution >= 0.6 is 0 Å². The van der Waals surface area contributed by atoms with Gasteiger partial charge in [-0.15, -0.1) is 0 Å². The lowest BCUT2D eigenvalue weighted by molar-refractivity contribution is 0.309. The van der Waals surface area contributed by atoms with Crippen LogP contribution in [0.3, 0.4) is 0 Å². The highest BCUT2D eigenvalue weighted by atomic mass is 16.5. The third-order valence-electron chi connectivity index (χ3n) is 3.85. The van der Waals surface area contributed by atoms with Crippen molar-refractivity contribution in [3.05, 3.63) is 64.1 Å². The van der Waals surface area contributed by atoms with Crippen LogP contribution in [-0.4, -0.2) is 11.2 Å². The van der Waals surface area contributed by atoms with Gasteiger partial charge in [-0.25, -0.2) is 4.79 Å². The van der Waals surface area contributed by atoms with Crippen LogP contribution in [0.2, 0.25) is 0 Å². The second kappa shape index (κ2) is 6.73. The van der Waals surface area contributed by atoms with Gasteiger partial charge in [0.2, 0.25) is 0 Å². The second-order valence-corrected chi connectivity index (χ2v) is 5.77. The standard InChI is InChI=1S/C19H21NO3/c1-3-4-11-22-16-8-6-15(7-9-16)13-20-17-12-14(2)5-10-18(17)23-19(20)21/h5-10,12H,3-4,11,13H2,1-2H3. The van der Waals surface area contributed by atoms with Gasteiger partial charge in [-0.3, -0.25) is 4.57 Å². The van der Waals surface area contributed by atoms with Crippen molar-refractivity contribution in [3.63, 3.8) is 0 Å². The molecule has 120 valence electrons. The third kappa shape index (κ3) is 3.47. The predicted molar refractivity (Wildman–Crippen MR) is 91.2 cm³/mol. The fraction of sp³-hybridized carbons (Fsp3) is 0.316. The van der Waals surface area contributed by atoms with Crippen LogP contribution in [-0.2, 0) is 6.54 Å². The van der Waals surface area contributed by atoms with Crippen molar-refractivity contribution in [2.24, 2.45) is 0 Å². The highest BCUT2D eigenvalue weighted by molar-refractivity contribution is 5.73. The molecule has 0 atom stereocenters. The Morgan fingerprint density at radius 1 is 1.13 bits per heavy atom. The molecular formula is C19H21NO3. The fourth-order valence-corrected chi connectivity index (χ4v) is 2.53. The number of ether oxygens (including phenoxy) is 1. The van der Waals surface area contributed by atoms with Crippen LogP contribution < -0.4 is 10.5 Å². The minimum absolute atomic E-state index is 0.325. The monoisotopic (exact) mass is 311 g/mol. The smallest absolute Gasteiger partial charge is 0.420 e. The summed E-state index contributed by atoms with van der Waals surface area (Å²) in [6.45, 7) is 5.37. The largest absolute Gasteiger partial charge is 0.494 e. The van der Waals surface area contributed by atoms with Gasteiger partial charge in [-0.05, 0) is 48.7 Å². The molecule has 1 aromatic heterocycles. The van der Waals surface area contributed by atoms with Gasteiger partial charge in [0.1, 0.15) is 5.75 Å². The second-order valence-electron chi connectivity index (χ2n) is 5.77. The van der Waals surface area contributed by atoms with Gasteiger partial charge in [0.05, 0.1) is 18.7 Å². The summed E-state index contributed by atoms with van der Waals surface area (Å²) in [4.78, 5) is 12.1. The van der Waals surface area contributed by atoms with E-state index in [1.54, 1.807) is 4.57 Å². The Morgan fingerprint density at radius 2 is 1.91 bits per heavy atom. The highest BCUT2D eigenvalue weighted by Crippen LogP contribution is 2.18. The van der Waals surface area contributed by atoms with Gasteiger partial charge in [-0.1, -0.05) is 31.5 Å². The predicted octanol–water partition coefficient (Wildman–Crippen LogP) is 4.13. The van der Waals surface area contributed by atoms with Crippen molar-refractivity contribution in [3.8, 4) is 5.75 Å². The summed E-state index contributed by atoms with van der Waals surface area (Å²) >= 11 is 0. The van der Waals surface area contributed by atoms with Crippen molar-refractivity contribution in [1.82, 2.24) is 4.57 Å². The normalized spacial score (nSPS) is 11.0. The van der Waals surface area contributed by atoms with Crippen molar-refractivity contribution in [1.29, 1.82) is 0 Å². The lowest BCUT2D eigenvalue weighted by Crippen LogP contribution is -2.14. The molecule has 0 spiro atoms. The molecule has 0 saturated heterocycles. The molecular weight excluding hydrogens is 290 g/mol. The van der Waals surface area contributed by atoms with Crippen molar-refractivity contribution < 1.29 is 9.15 Å². The summed E-state index contributed by atoms with van der Waals surface area (Å²) < 4.78 is 12.6. The fourth-order valence-electron chi connectivity index (χ4n) is 2.53. The number of fused-ring (bicyclic) bond motifs is 1. The van der Waals surface area contributed by atoms with E-state index >= 15 is 0 Å². The Labute approximate surface area is 135 Å². The molecule has 0 saturated carbocycles. The molecule has 0 aliphatic rings. The lowest BCUT2D eigenvalue weighted by atomic mass is 10.2. The number of oxazole rings is 1. The lowest BCUT2D eigenvalue weighted by Gasteiger charge is -2.07. The van der Waals surface area contributed by atoms with Crippen LogP contribution in [0.1, 0.15) is 30.9 Å². The van der Waals surface area contributed by atoms with Gasteiger partial charge in [0.15, 0.2) is 5.58 Å². The van der Waals surface area contributed by atoms with Crippen LogP contribution in [0.4, 0.5) is 0 Å². The molecule has 0 aliphatic heterocycles. The first kappa shape index (κ1) is 15.4. The van der Waals surface area contributed by atoms with Gasteiger partial charge >= 0.3 is 5.76 Å². The topological polar surface area (TPSA) is 44.4 Å².